The maximum absolute atomic E-state index is 11.7. The molecule has 1 N–H and O–H groups in total. The van der Waals surface area contributed by atoms with Crippen molar-refractivity contribution in [2.24, 2.45) is 0 Å². The van der Waals surface area contributed by atoms with E-state index in [1.54, 1.807) is 6.92 Å². The molecule has 6 nitrogen and oxygen atoms in total. The van der Waals surface area contributed by atoms with Crippen molar-refractivity contribution >= 4 is 22.4 Å². The van der Waals surface area contributed by atoms with Crippen LogP contribution in [0.15, 0.2) is 4.42 Å². The molecule has 0 saturated heterocycles. The van der Waals surface area contributed by atoms with E-state index in [0.717, 1.165) is 16.3 Å². The third-order valence-corrected chi connectivity index (χ3v) is 3.66. The maximum Gasteiger partial charge on any atom is 0.358 e. The summed E-state index contributed by atoms with van der Waals surface area (Å²) in [5, 5.41) is 3.75. The Balaban J connectivity index is 2.03. The van der Waals surface area contributed by atoms with Crippen molar-refractivity contribution in [1.82, 2.24) is 9.97 Å². The Morgan fingerprint density at radius 1 is 1.35 bits per heavy atom. The number of aromatic nitrogens is 2. The van der Waals surface area contributed by atoms with Gasteiger partial charge in [-0.3, -0.25) is 0 Å². The summed E-state index contributed by atoms with van der Waals surface area (Å²) >= 11 is 1.41. The molecule has 20 heavy (non-hydrogen) atoms. The van der Waals surface area contributed by atoms with Crippen molar-refractivity contribution in [2.45, 2.75) is 34.2 Å². The Bertz CT molecular complexity index is 599. The number of carbonyl (C=O) groups excluding carboxylic acids is 1. The quantitative estimate of drug-likeness (QED) is 0.855. The van der Waals surface area contributed by atoms with Gasteiger partial charge < -0.3 is 14.5 Å². The van der Waals surface area contributed by atoms with Crippen LogP contribution in [0.25, 0.3) is 0 Å². The van der Waals surface area contributed by atoms with Gasteiger partial charge in [0, 0.05) is 4.88 Å². The lowest BCUT2D eigenvalue weighted by Crippen LogP contribution is -2.07. The van der Waals surface area contributed by atoms with Crippen molar-refractivity contribution in [1.29, 1.82) is 0 Å². The van der Waals surface area contributed by atoms with Crippen LogP contribution in [0.3, 0.4) is 0 Å². The predicted molar refractivity (Wildman–Crippen MR) is 76.1 cm³/mol. The summed E-state index contributed by atoms with van der Waals surface area (Å²) in [5.74, 6) is 1.02. The molecule has 2 aromatic rings. The second-order valence-corrected chi connectivity index (χ2v) is 5.45. The summed E-state index contributed by atoms with van der Waals surface area (Å²) in [6.07, 6.45) is 0. The third-order valence-electron chi connectivity index (χ3n) is 2.73. The van der Waals surface area contributed by atoms with Crippen LogP contribution in [0.1, 0.15) is 39.6 Å². The first-order valence-electron chi connectivity index (χ1n) is 6.32. The first-order valence-corrected chi connectivity index (χ1v) is 7.14. The minimum Gasteiger partial charge on any atom is -0.461 e. The summed E-state index contributed by atoms with van der Waals surface area (Å²) in [4.78, 5) is 21.0. The molecule has 0 radical (unpaired) electrons. The number of nitrogens with zero attached hydrogens (tertiary/aromatic N) is 2. The van der Waals surface area contributed by atoms with E-state index in [1.165, 1.54) is 11.3 Å². The molecule has 0 aliphatic rings. The van der Waals surface area contributed by atoms with E-state index in [9.17, 15) is 4.79 Å². The molecule has 0 aliphatic heterocycles. The van der Waals surface area contributed by atoms with Crippen LogP contribution in [-0.2, 0) is 11.3 Å². The van der Waals surface area contributed by atoms with Crippen LogP contribution in [0.4, 0.5) is 5.13 Å². The van der Waals surface area contributed by atoms with E-state index < -0.39 is 5.97 Å². The van der Waals surface area contributed by atoms with E-state index in [1.807, 2.05) is 20.8 Å². The largest absolute Gasteiger partial charge is 0.461 e. The second-order valence-electron chi connectivity index (χ2n) is 4.25. The first-order chi connectivity index (χ1) is 9.51. The molecule has 0 spiro atoms. The number of ether oxygens (including phenoxy) is 1. The van der Waals surface area contributed by atoms with E-state index in [2.05, 4.69) is 15.3 Å². The first kappa shape index (κ1) is 14.5. The Labute approximate surface area is 121 Å². The van der Waals surface area contributed by atoms with Gasteiger partial charge in [0.05, 0.1) is 18.8 Å². The number of aryl methyl sites for hydroxylation is 3. The van der Waals surface area contributed by atoms with Crippen molar-refractivity contribution in [3.8, 4) is 0 Å². The summed E-state index contributed by atoms with van der Waals surface area (Å²) < 4.78 is 10.4. The zero-order valence-corrected chi connectivity index (χ0v) is 12.8. The van der Waals surface area contributed by atoms with Crippen molar-refractivity contribution in [3.63, 3.8) is 0 Å². The summed E-state index contributed by atoms with van der Waals surface area (Å²) in [6.45, 7) is 8.16. The van der Waals surface area contributed by atoms with Crippen LogP contribution < -0.4 is 5.32 Å². The van der Waals surface area contributed by atoms with Gasteiger partial charge in [0.15, 0.2) is 10.8 Å². The lowest BCUT2D eigenvalue weighted by molar-refractivity contribution is 0.0519. The fourth-order valence-electron chi connectivity index (χ4n) is 1.63. The Morgan fingerprint density at radius 3 is 2.70 bits per heavy atom. The van der Waals surface area contributed by atoms with Crippen LogP contribution in [-0.4, -0.2) is 22.5 Å². The molecule has 0 aromatic carbocycles. The zero-order valence-electron chi connectivity index (χ0n) is 11.9. The van der Waals surface area contributed by atoms with Gasteiger partial charge >= 0.3 is 5.97 Å². The topological polar surface area (TPSA) is 77.2 Å². The molecular formula is C13H17N3O3S. The van der Waals surface area contributed by atoms with Gasteiger partial charge in [0.2, 0.25) is 5.89 Å². The van der Waals surface area contributed by atoms with Gasteiger partial charge in [-0.2, -0.15) is 0 Å². The number of carbonyl (C=O) groups is 1. The summed E-state index contributed by atoms with van der Waals surface area (Å²) in [5.41, 5.74) is 1.24. The highest BCUT2D eigenvalue weighted by Crippen LogP contribution is 2.23. The summed E-state index contributed by atoms with van der Waals surface area (Å²) in [7, 11) is 0. The minimum absolute atomic E-state index is 0.341. The highest BCUT2D eigenvalue weighted by atomic mass is 32.1. The fraction of sp³-hybridized carbons (Fsp3) is 0.462. The number of thiazole rings is 1. The molecule has 0 saturated carbocycles. The molecule has 2 rings (SSSR count). The van der Waals surface area contributed by atoms with Crippen LogP contribution in [0.5, 0.6) is 0 Å². The van der Waals surface area contributed by atoms with E-state index >= 15 is 0 Å². The van der Waals surface area contributed by atoms with Gasteiger partial charge in [-0.15, -0.1) is 11.3 Å². The van der Waals surface area contributed by atoms with Gasteiger partial charge in [0.25, 0.3) is 0 Å². The fourth-order valence-corrected chi connectivity index (χ4v) is 2.42. The molecule has 0 unspecified atom stereocenters. The van der Waals surface area contributed by atoms with E-state index in [4.69, 9.17) is 9.15 Å². The number of esters is 1. The number of nitrogens with one attached hydrogen (secondary N) is 1. The monoisotopic (exact) mass is 295 g/mol. The average Bonchev–Trinajstić information content (AvgIpc) is 2.91. The van der Waals surface area contributed by atoms with Crippen LogP contribution >= 0.6 is 11.3 Å². The highest BCUT2D eigenvalue weighted by Gasteiger charge is 2.16. The predicted octanol–water partition coefficient (Wildman–Crippen LogP) is 2.85. The molecule has 0 bridgehead atoms. The molecule has 7 heteroatoms. The average molecular weight is 295 g/mol. The molecule has 108 valence electrons. The molecule has 2 aromatic heterocycles. The number of hydrogen-bond donors (Lipinski definition) is 1. The van der Waals surface area contributed by atoms with Crippen LogP contribution in [0, 0.1) is 20.8 Å². The third kappa shape index (κ3) is 3.16. The molecule has 2 heterocycles. The molecule has 0 amide bonds. The SMILES string of the molecule is CCOC(=O)c1nc(NCc2nc(C)c(C)o2)sc1C. The smallest absolute Gasteiger partial charge is 0.358 e. The van der Waals surface area contributed by atoms with Gasteiger partial charge in [0.1, 0.15) is 5.76 Å². The van der Waals surface area contributed by atoms with Crippen molar-refractivity contribution in [2.75, 3.05) is 11.9 Å². The van der Waals surface area contributed by atoms with E-state index in [-0.39, 0.29) is 0 Å². The molecule has 0 fully saturated rings. The second kappa shape index (κ2) is 6.04. The lowest BCUT2D eigenvalue weighted by Gasteiger charge is -1.98. The highest BCUT2D eigenvalue weighted by molar-refractivity contribution is 7.15. The number of oxazole rings is 1. The van der Waals surface area contributed by atoms with Gasteiger partial charge in [-0.1, -0.05) is 0 Å². The number of rotatable bonds is 5. The summed E-state index contributed by atoms with van der Waals surface area (Å²) in [6, 6.07) is 0. The zero-order chi connectivity index (χ0) is 14.7. The van der Waals surface area contributed by atoms with Crippen molar-refractivity contribution < 1.29 is 13.9 Å². The van der Waals surface area contributed by atoms with Crippen molar-refractivity contribution in [3.05, 3.63) is 27.9 Å². The molecular weight excluding hydrogens is 278 g/mol. The number of hydrogen-bond acceptors (Lipinski definition) is 7. The Hall–Kier alpha value is -1.89. The van der Waals surface area contributed by atoms with Crippen LogP contribution in [0.2, 0.25) is 0 Å². The number of anilines is 1. The van der Waals surface area contributed by atoms with Gasteiger partial charge in [-0.25, -0.2) is 14.8 Å². The lowest BCUT2D eigenvalue weighted by atomic mass is 10.4. The molecule has 0 aliphatic carbocycles. The Kier molecular flexibility index (Phi) is 4.39. The normalized spacial score (nSPS) is 10.6. The van der Waals surface area contributed by atoms with Gasteiger partial charge in [-0.05, 0) is 27.7 Å². The molecule has 0 atom stereocenters. The van der Waals surface area contributed by atoms with E-state index in [0.29, 0.717) is 29.9 Å². The minimum atomic E-state index is -0.392. The standard InChI is InChI=1S/C13H17N3O3S/c1-5-18-12(17)11-9(4)20-13(16-11)14-6-10-15-7(2)8(3)19-10/h5-6H2,1-4H3,(H,14,16). The maximum atomic E-state index is 11.7. The Morgan fingerprint density at radius 2 is 2.10 bits per heavy atom.